The fourth-order valence-corrected chi connectivity index (χ4v) is 2.37. The van der Waals surface area contributed by atoms with Gasteiger partial charge in [0.1, 0.15) is 5.69 Å². The fourth-order valence-electron chi connectivity index (χ4n) is 1.58. The van der Waals surface area contributed by atoms with Crippen molar-refractivity contribution in [3.05, 3.63) is 52.8 Å². The summed E-state index contributed by atoms with van der Waals surface area (Å²) in [5.41, 5.74) is 1.11. The number of sulfonamides is 1. The van der Waals surface area contributed by atoms with Gasteiger partial charge in [0.2, 0.25) is 10.0 Å². The molecule has 21 heavy (non-hydrogen) atoms. The standard InChI is InChI=1S/C13H12BrN3O3S/c1-21(19,20)17-11-4-2-3-10(7-11)16-13(18)12-6-5-9(14)8-15-12/h2-8,17H,1H3,(H,16,18). The van der Waals surface area contributed by atoms with E-state index in [1.54, 1.807) is 30.3 Å². The van der Waals surface area contributed by atoms with Crippen LogP contribution in [0.5, 0.6) is 0 Å². The summed E-state index contributed by atoms with van der Waals surface area (Å²) in [4.78, 5) is 16.0. The molecular formula is C13H12BrN3O3S. The van der Waals surface area contributed by atoms with Gasteiger partial charge in [-0.05, 0) is 46.3 Å². The van der Waals surface area contributed by atoms with E-state index in [9.17, 15) is 13.2 Å². The molecule has 6 nitrogen and oxygen atoms in total. The molecule has 0 fully saturated rings. The molecule has 2 rings (SSSR count). The van der Waals surface area contributed by atoms with Gasteiger partial charge in [0.15, 0.2) is 0 Å². The quantitative estimate of drug-likeness (QED) is 0.866. The highest BCUT2D eigenvalue weighted by Gasteiger charge is 2.08. The number of halogens is 1. The summed E-state index contributed by atoms with van der Waals surface area (Å²) in [5, 5.41) is 2.65. The van der Waals surface area contributed by atoms with Crippen molar-refractivity contribution in [3.63, 3.8) is 0 Å². The highest BCUT2D eigenvalue weighted by molar-refractivity contribution is 9.10. The summed E-state index contributed by atoms with van der Waals surface area (Å²) in [6, 6.07) is 9.70. The number of rotatable bonds is 4. The van der Waals surface area contributed by atoms with Gasteiger partial charge in [0, 0.05) is 16.4 Å². The van der Waals surface area contributed by atoms with E-state index in [0.29, 0.717) is 11.4 Å². The average Bonchev–Trinajstić information content (AvgIpc) is 2.37. The molecule has 0 saturated carbocycles. The van der Waals surface area contributed by atoms with Crippen LogP contribution in [0.3, 0.4) is 0 Å². The maximum atomic E-state index is 12.0. The van der Waals surface area contributed by atoms with E-state index in [1.165, 1.54) is 12.3 Å². The Kier molecular flexibility index (Phi) is 4.59. The largest absolute Gasteiger partial charge is 0.321 e. The number of carbonyl (C=O) groups excluding carboxylic acids is 1. The van der Waals surface area contributed by atoms with Gasteiger partial charge in [-0.1, -0.05) is 6.07 Å². The Morgan fingerprint density at radius 2 is 1.90 bits per heavy atom. The van der Waals surface area contributed by atoms with Crippen molar-refractivity contribution < 1.29 is 13.2 Å². The van der Waals surface area contributed by atoms with Crippen LogP contribution in [-0.2, 0) is 10.0 Å². The molecule has 0 bridgehead atoms. The van der Waals surface area contributed by atoms with E-state index in [-0.39, 0.29) is 11.6 Å². The number of anilines is 2. The van der Waals surface area contributed by atoms with Gasteiger partial charge >= 0.3 is 0 Å². The van der Waals surface area contributed by atoms with E-state index in [2.05, 4.69) is 31.0 Å². The lowest BCUT2D eigenvalue weighted by molar-refractivity contribution is 0.102. The molecule has 1 heterocycles. The first kappa shape index (κ1) is 15.5. The Balaban J connectivity index is 2.14. The Bertz CT molecular complexity index is 760. The van der Waals surface area contributed by atoms with Gasteiger partial charge in [0.05, 0.1) is 11.9 Å². The van der Waals surface area contributed by atoms with Crippen molar-refractivity contribution >= 4 is 43.2 Å². The number of nitrogens with one attached hydrogen (secondary N) is 2. The predicted molar refractivity (Wildman–Crippen MR) is 84.8 cm³/mol. The second kappa shape index (κ2) is 6.23. The number of carbonyl (C=O) groups is 1. The monoisotopic (exact) mass is 369 g/mol. The predicted octanol–water partition coefficient (Wildman–Crippen LogP) is 2.47. The number of benzene rings is 1. The molecule has 8 heteroatoms. The van der Waals surface area contributed by atoms with Crippen LogP contribution < -0.4 is 10.0 Å². The lowest BCUT2D eigenvalue weighted by Crippen LogP contribution is -2.14. The Morgan fingerprint density at radius 1 is 1.19 bits per heavy atom. The molecule has 2 aromatic rings. The molecule has 2 N–H and O–H groups in total. The van der Waals surface area contributed by atoms with Crippen LogP contribution in [-0.4, -0.2) is 25.6 Å². The summed E-state index contributed by atoms with van der Waals surface area (Å²) < 4.78 is 25.5. The summed E-state index contributed by atoms with van der Waals surface area (Å²) >= 11 is 3.24. The maximum absolute atomic E-state index is 12.0. The van der Waals surface area contributed by atoms with E-state index in [1.807, 2.05) is 0 Å². The van der Waals surface area contributed by atoms with Crippen LogP contribution in [0.2, 0.25) is 0 Å². The summed E-state index contributed by atoms with van der Waals surface area (Å²) in [5.74, 6) is -0.376. The molecule has 0 aliphatic rings. The van der Waals surface area contributed by atoms with E-state index in [4.69, 9.17) is 0 Å². The number of aromatic nitrogens is 1. The minimum atomic E-state index is -3.36. The molecule has 1 aromatic heterocycles. The van der Waals surface area contributed by atoms with Crippen LogP contribution in [0.25, 0.3) is 0 Å². The average molecular weight is 370 g/mol. The van der Waals surface area contributed by atoms with Gasteiger partial charge in [-0.2, -0.15) is 0 Å². The normalized spacial score (nSPS) is 11.0. The molecule has 1 amide bonds. The summed E-state index contributed by atoms with van der Waals surface area (Å²) in [6.45, 7) is 0. The van der Waals surface area contributed by atoms with Crippen LogP contribution in [0.15, 0.2) is 47.1 Å². The molecule has 0 saturated heterocycles. The topological polar surface area (TPSA) is 88.2 Å². The van der Waals surface area contributed by atoms with Crippen molar-refractivity contribution in [2.24, 2.45) is 0 Å². The molecule has 0 aliphatic carbocycles. The lowest BCUT2D eigenvalue weighted by atomic mass is 10.2. The first-order valence-corrected chi connectivity index (χ1v) is 8.53. The maximum Gasteiger partial charge on any atom is 0.274 e. The van der Waals surface area contributed by atoms with Crippen molar-refractivity contribution in [2.75, 3.05) is 16.3 Å². The van der Waals surface area contributed by atoms with Crippen LogP contribution in [0, 0.1) is 0 Å². The minimum absolute atomic E-state index is 0.264. The summed E-state index contributed by atoms with van der Waals surface area (Å²) in [6.07, 6.45) is 2.58. The Morgan fingerprint density at radius 3 is 2.52 bits per heavy atom. The number of nitrogens with zero attached hydrogens (tertiary/aromatic N) is 1. The van der Waals surface area contributed by atoms with Gasteiger partial charge in [-0.15, -0.1) is 0 Å². The number of pyridine rings is 1. The van der Waals surface area contributed by atoms with Crippen LogP contribution >= 0.6 is 15.9 Å². The van der Waals surface area contributed by atoms with E-state index < -0.39 is 10.0 Å². The Labute approximate surface area is 130 Å². The van der Waals surface area contributed by atoms with Gasteiger partial charge in [-0.3, -0.25) is 9.52 Å². The lowest BCUT2D eigenvalue weighted by Gasteiger charge is -2.08. The zero-order chi connectivity index (χ0) is 15.5. The van der Waals surface area contributed by atoms with E-state index >= 15 is 0 Å². The zero-order valence-electron chi connectivity index (χ0n) is 11.0. The second-order valence-corrected chi connectivity index (χ2v) is 6.93. The molecule has 0 radical (unpaired) electrons. The van der Waals surface area contributed by atoms with Gasteiger partial charge in [-0.25, -0.2) is 13.4 Å². The third kappa shape index (κ3) is 4.83. The molecule has 0 unspecified atom stereocenters. The first-order valence-electron chi connectivity index (χ1n) is 5.84. The van der Waals surface area contributed by atoms with Crippen molar-refractivity contribution in [2.45, 2.75) is 0 Å². The van der Waals surface area contributed by atoms with Crippen LogP contribution in [0.1, 0.15) is 10.5 Å². The highest BCUT2D eigenvalue weighted by atomic mass is 79.9. The molecular weight excluding hydrogens is 358 g/mol. The number of hydrogen-bond donors (Lipinski definition) is 2. The van der Waals surface area contributed by atoms with E-state index in [0.717, 1.165) is 10.7 Å². The fraction of sp³-hybridized carbons (Fsp3) is 0.0769. The first-order chi connectivity index (χ1) is 9.83. The highest BCUT2D eigenvalue weighted by Crippen LogP contribution is 2.17. The molecule has 0 atom stereocenters. The van der Waals surface area contributed by atoms with Crippen molar-refractivity contribution in [1.82, 2.24) is 4.98 Å². The van der Waals surface area contributed by atoms with Gasteiger partial charge < -0.3 is 5.32 Å². The third-order valence-corrected chi connectivity index (χ3v) is 3.46. The van der Waals surface area contributed by atoms with Crippen LogP contribution in [0.4, 0.5) is 11.4 Å². The molecule has 1 aromatic carbocycles. The Hall–Kier alpha value is -1.93. The number of amides is 1. The molecule has 0 spiro atoms. The SMILES string of the molecule is CS(=O)(=O)Nc1cccc(NC(=O)c2ccc(Br)cn2)c1. The summed E-state index contributed by atoms with van der Waals surface area (Å²) in [7, 11) is -3.36. The smallest absolute Gasteiger partial charge is 0.274 e. The third-order valence-electron chi connectivity index (χ3n) is 2.38. The second-order valence-electron chi connectivity index (χ2n) is 4.27. The molecule has 110 valence electrons. The minimum Gasteiger partial charge on any atom is -0.321 e. The van der Waals surface area contributed by atoms with Crippen molar-refractivity contribution in [1.29, 1.82) is 0 Å². The van der Waals surface area contributed by atoms with Gasteiger partial charge in [0.25, 0.3) is 5.91 Å². The molecule has 0 aliphatic heterocycles. The van der Waals surface area contributed by atoms with Crippen molar-refractivity contribution in [3.8, 4) is 0 Å². The zero-order valence-corrected chi connectivity index (χ0v) is 13.4. The number of hydrogen-bond acceptors (Lipinski definition) is 4.